The lowest BCUT2D eigenvalue weighted by atomic mass is 10.1. The van der Waals surface area contributed by atoms with E-state index >= 15 is 0 Å². The molecule has 0 spiro atoms. The highest BCUT2D eigenvalue weighted by molar-refractivity contribution is 5.28. The van der Waals surface area contributed by atoms with Gasteiger partial charge in [0.2, 0.25) is 0 Å². The first kappa shape index (κ1) is 16.5. The first-order chi connectivity index (χ1) is 10.8. The molecule has 2 aromatic carbocycles. The molecule has 0 aliphatic rings. The number of unbranched alkanes of at least 4 members (excludes halogenated alkanes) is 1. The Bertz CT molecular complexity index is 554. The van der Waals surface area contributed by atoms with Gasteiger partial charge in [0.05, 0.1) is 6.61 Å². The van der Waals surface area contributed by atoms with Crippen molar-refractivity contribution in [2.24, 2.45) is 0 Å². The summed E-state index contributed by atoms with van der Waals surface area (Å²) in [6.07, 6.45) is 3.12. The summed E-state index contributed by atoms with van der Waals surface area (Å²) in [4.78, 5) is 0. The average molecular weight is 301 g/mol. The Hall–Kier alpha value is -1.87. The molecule has 22 heavy (non-hydrogen) atoms. The number of hydrogen-bond donors (Lipinski definition) is 1. The second kappa shape index (κ2) is 9.21. The van der Waals surface area contributed by atoms with Gasteiger partial charge in [-0.3, -0.25) is 0 Å². The monoisotopic (exact) mass is 301 g/mol. The van der Waals surface area contributed by atoms with E-state index in [4.69, 9.17) is 4.74 Å². The second-order valence-corrected chi connectivity index (χ2v) is 5.40. The Morgan fingerprint density at radius 2 is 1.86 bits per heavy atom. The Morgan fingerprint density at radius 3 is 2.64 bits per heavy atom. The van der Waals surface area contributed by atoms with E-state index in [0.717, 1.165) is 50.3 Å². The molecule has 0 radical (unpaired) electrons. The average Bonchev–Trinajstić information content (AvgIpc) is 2.54. The number of nitrogens with one attached hydrogen (secondary N) is 1. The van der Waals surface area contributed by atoms with E-state index in [9.17, 15) is 4.39 Å². The summed E-state index contributed by atoms with van der Waals surface area (Å²) in [6, 6.07) is 14.9. The molecule has 0 heterocycles. The van der Waals surface area contributed by atoms with Crippen LogP contribution in [0.15, 0.2) is 48.5 Å². The molecule has 0 fully saturated rings. The molecule has 0 bridgehead atoms. The van der Waals surface area contributed by atoms with Crippen LogP contribution in [0.5, 0.6) is 5.75 Å². The third-order valence-electron chi connectivity index (χ3n) is 3.50. The summed E-state index contributed by atoms with van der Waals surface area (Å²) in [5, 5.41) is 3.41. The van der Waals surface area contributed by atoms with Gasteiger partial charge in [0.15, 0.2) is 0 Å². The summed E-state index contributed by atoms with van der Waals surface area (Å²) in [6.45, 7) is 4.61. The van der Waals surface area contributed by atoms with Crippen molar-refractivity contribution < 1.29 is 9.13 Å². The van der Waals surface area contributed by atoms with Crippen LogP contribution in [0.3, 0.4) is 0 Å². The summed E-state index contributed by atoms with van der Waals surface area (Å²) >= 11 is 0. The van der Waals surface area contributed by atoms with Gasteiger partial charge < -0.3 is 10.1 Å². The molecule has 1 N–H and O–H groups in total. The molecule has 2 rings (SSSR count). The fourth-order valence-corrected chi connectivity index (χ4v) is 2.20. The summed E-state index contributed by atoms with van der Waals surface area (Å²) in [5.74, 6) is 0.753. The van der Waals surface area contributed by atoms with Crippen molar-refractivity contribution in [3.8, 4) is 5.75 Å². The van der Waals surface area contributed by atoms with Crippen LogP contribution in [-0.4, -0.2) is 13.2 Å². The van der Waals surface area contributed by atoms with Gasteiger partial charge in [-0.05, 0) is 54.8 Å². The van der Waals surface area contributed by atoms with Crippen LogP contribution in [0, 0.1) is 5.82 Å². The van der Waals surface area contributed by atoms with Crippen molar-refractivity contribution in [2.75, 3.05) is 13.2 Å². The quantitative estimate of drug-likeness (QED) is 0.696. The topological polar surface area (TPSA) is 21.3 Å². The normalized spacial score (nSPS) is 10.6. The highest BCUT2D eigenvalue weighted by atomic mass is 19.1. The van der Waals surface area contributed by atoms with Gasteiger partial charge >= 0.3 is 0 Å². The predicted octanol–water partition coefficient (Wildman–Crippen LogP) is 4.34. The van der Waals surface area contributed by atoms with Gasteiger partial charge in [0.25, 0.3) is 0 Å². The van der Waals surface area contributed by atoms with Crippen LogP contribution >= 0.6 is 0 Å². The molecule has 3 heteroatoms. The van der Waals surface area contributed by atoms with Crippen molar-refractivity contribution in [3.63, 3.8) is 0 Å². The van der Waals surface area contributed by atoms with Gasteiger partial charge in [-0.1, -0.05) is 37.6 Å². The largest absolute Gasteiger partial charge is 0.494 e. The molecule has 0 atom stereocenters. The zero-order chi connectivity index (χ0) is 15.6. The molecule has 2 nitrogen and oxygen atoms in total. The van der Waals surface area contributed by atoms with E-state index in [1.807, 2.05) is 24.3 Å². The molecule has 118 valence electrons. The van der Waals surface area contributed by atoms with Crippen LogP contribution in [-0.2, 0) is 13.0 Å². The van der Waals surface area contributed by atoms with Crippen LogP contribution in [0.4, 0.5) is 4.39 Å². The van der Waals surface area contributed by atoms with E-state index in [-0.39, 0.29) is 5.82 Å². The highest BCUT2D eigenvalue weighted by Crippen LogP contribution is 2.13. The molecule has 0 aliphatic carbocycles. The van der Waals surface area contributed by atoms with Crippen molar-refractivity contribution >= 4 is 0 Å². The molecule has 0 saturated carbocycles. The van der Waals surface area contributed by atoms with Gasteiger partial charge in [0.1, 0.15) is 11.6 Å². The molecular weight excluding hydrogens is 277 g/mol. The molecule has 0 aliphatic heterocycles. The summed E-state index contributed by atoms with van der Waals surface area (Å²) in [7, 11) is 0. The minimum absolute atomic E-state index is 0.184. The molecule has 0 amide bonds. The lowest BCUT2D eigenvalue weighted by Gasteiger charge is -2.09. The zero-order valence-electron chi connectivity index (χ0n) is 13.1. The number of halogens is 1. The number of hydrogen-bond acceptors (Lipinski definition) is 2. The van der Waals surface area contributed by atoms with E-state index < -0.39 is 0 Å². The Morgan fingerprint density at radius 1 is 1.05 bits per heavy atom. The van der Waals surface area contributed by atoms with Crippen LogP contribution in [0.1, 0.15) is 30.9 Å². The van der Waals surface area contributed by atoms with Crippen molar-refractivity contribution in [1.82, 2.24) is 5.32 Å². The van der Waals surface area contributed by atoms with Gasteiger partial charge in [-0.15, -0.1) is 0 Å². The molecule has 2 aromatic rings. The lowest BCUT2D eigenvalue weighted by Crippen LogP contribution is -2.16. The van der Waals surface area contributed by atoms with Crippen molar-refractivity contribution in [2.45, 2.75) is 32.7 Å². The maximum atomic E-state index is 12.8. The zero-order valence-corrected chi connectivity index (χ0v) is 13.1. The van der Waals surface area contributed by atoms with E-state index in [1.165, 1.54) is 17.7 Å². The standard InChI is InChI=1S/C19H24FNO/c1-2-3-13-22-19-6-4-5-17(14-19)15-21-12-11-16-7-9-18(20)10-8-16/h4-10,14,21H,2-3,11-13,15H2,1H3. The Labute approximate surface area is 132 Å². The predicted molar refractivity (Wildman–Crippen MR) is 88.7 cm³/mol. The number of benzene rings is 2. The summed E-state index contributed by atoms with van der Waals surface area (Å²) < 4.78 is 18.5. The molecule has 0 aromatic heterocycles. The smallest absolute Gasteiger partial charge is 0.123 e. The minimum Gasteiger partial charge on any atom is -0.494 e. The number of ether oxygens (including phenoxy) is 1. The maximum Gasteiger partial charge on any atom is 0.123 e. The van der Waals surface area contributed by atoms with Crippen LogP contribution < -0.4 is 10.1 Å². The lowest BCUT2D eigenvalue weighted by molar-refractivity contribution is 0.309. The number of rotatable bonds is 9. The minimum atomic E-state index is -0.184. The third-order valence-corrected chi connectivity index (χ3v) is 3.50. The molecule has 0 saturated heterocycles. The van der Waals surface area contributed by atoms with Crippen molar-refractivity contribution in [3.05, 3.63) is 65.5 Å². The Kier molecular flexibility index (Phi) is 6.91. The highest BCUT2D eigenvalue weighted by Gasteiger charge is 1.98. The molecular formula is C19H24FNO. The molecule has 0 unspecified atom stereocenters. The fourth-order valence-electron chi connectivity index (χ4n) is 2.20. The third kappa shape index (κ3) is 5.86. The Balaban J connectivity index is 1.72. The second-order valence-electron chi connectivity index (χ2n) is 5.40. The van der Waals surface area contributed by atoms with E-state index in [0.29, 0.717) is 0 Å². The van der Waals surface area contributed by atoms with Gasteiger partial charge in [0, 0.05) is 6.54 Å². The SMILES string of the molecule is CCCCOc1cccc(CNCCc2ccc(F)cc2)c1. The fraction of sp³-hybridized carbons (Fsp3) is 0.368. The first-order valence-electron chi connectivity index (χ1n) is 7.95. The van der Waals surface area contributed by atoms with E-state index in [1.54, 1.807) is 0 Å². The van der Waals surface area contributed by atoms with Gasteiger partial charge in [-0.2, -0.15) is 0 Å². The van der Waals surface area contributed by atoms with Crippen molar-refractivity contribution in [1.29, 1.82) is 0 Å². The van der Waals surface area contributed by atoms with Gasteiger partial charge in [-0.25, -0.2) is 4.39 Å². The maximum absolute atomic E-state index is 12.8. The first-order valence-corrected chi connectivity index (χ1v) is 7.95. The van der Waals surface area contributed by atoms with Crippen LogP contribution in [0.25, 0.3) is 0 Å². The van der Waals surface area contributed by atoms with Crippen LogP contribution in [0.2, 0.25) is 0 Å². The summed E-state index contributed by atoms with van der Waals surface area (Å²) in [5.41, 5.74) is 2.36. The van der Waals surface area contributed by atoms with E-state index in [2.05, 4.69) is 24.4 Å².